The van der Waals surface area contributed by atoms with Crippen molar-refractivity contribution in [3.8, 4) is 0 Å². The van der Waals surface area contributed by atoms with Gasteiger partial charge in [0.2, 0.25) is 0 Å². The maximum absolute atomic E-state index is 12.6. The van der Waals surface area contributed by atoms with Crippen LogP contribution < -0.4 is 5.32 Å². The van der Waals surface area contributed by atoms with Crippen LogP contribution in [0, 0.1) is 0 Å². The van der Waals surface area contributed by atoms with Crippen molar-refractivity contribution >= 4 is 47.0 Å². The molecule has 1 amide bonds. The molecule has 2 N–H and O–H groups in total. The van der Waals surface area contributed by atoms with Crippen LogP contribution in [0.3, 0.4) is 0 Å². The Bertz CT molecular complexity index is 909. The number of amides is 1. The third-order valence-electron chi connectivity index (χ3n) is 4.48. The minimum atomic E-state index is -1.03. The summed E-state index contributed by atoms with van der Waals surface area (Å²) >= 11 is 12.2. The van der Waals surface area contributed by atoms with E-state index in [-0.39, 0.29) is 11.9 Å². The highest BCUT2D eigenvalue weighted by molar-refractivity contribution is 6.33. The van der Waals surface area contributed by atoms with E-state index < -0.39 is 5.97 Å². The van der Waals surface area contributed by atoms with Gasteiger partial charge in [0.25, 0.3) is 5.91 Å². The van der Waals surface area contributed by atoms with Crippen molar-refractivity contribution in [3.63, 3.8) is 0 Å². The fourth-order valence-corrected chi connectivity index (χ4v) is 3.46. The molecule has 2 heterocycles. The number of carboxylic acid groups (broad SMARTS) is 1. The molecule has 8 heteroatoms. The number of hydrogen-bond donors (Lipinski definition) is 2. The smallest absolute Gasteiger partial charge is 0.328 e. The van der Waals surface area contributed by atoms with Gasteiger partial charge in [0.15, 0.2) is 0 Å². The number of carbonyl (C=O) groups excluding carboxylic acids is 1. The Morgan fingerprint density at radius 2 is 1.96 bits per heavy atom. The predicted molar refractivity (Wildman–Crippen MR) is 110 cm³/mol. The summed E-state index contributed by atoms with van der Waals surface area (Å²) in [5.74, 6) is -0.502. The second kappa shape index (κ2) is 9.08. The van der Waals surface area contributed by atoms with Crippen molar-refractivity contribution in [1.29, 1.82) is 0 Å². The highest BCUT2D eigenvalue weighted by Crippen LogP contribution is 2.24. The largest absolute Gasteiger partial charge is 0.478 e. The number of rotatable bonds is 5. The summed E-state index contributed by atoms with van der Waals surface area (Å²) in [5.41, 5.74) is 1.20. The molecular weight excluding hydrogens is 401 g/mol. The summed E-state index contributed by atoms with van der Waals surface area (Å²) in [6, 6.07) is 8.77. The van der Waals surface area contributed by atoms with Crippen molar-refractivity contribution in [3.05, 3.63) is 63.8 Å². The number of pyridine rings is 1. The van der Waals surface area contributed by atoms with Crippen LogP contribution in [0.15, 0.2) is 42.6 Å². The Kier molecular flexibility index (Phi) is 6.54. The van der Waals surface area contributed by atoms with Crippen molar-refractivity contribution in [2.24, 2.45) is 0 Å². The lowest BCUT2D eigenvalue weighted by molar-refractivity contribution is -0.131. The minimum Gasteiger partial charge on any atom is -0.478 e. The maximum Gasteiger partial charge on any atom is 0.328 e. The summed E-state index contributed by atoms with van der Waals surface area (Å²) in [6.45, 7) is 1.25. The van der Waals surface area contributed by atoms with Gasteiger partial charge in [-0.3, -0.25) is 4.79 Å². The molecule has 0 unspecified atom stereocenters. The molecule has 3 rings (SSSR count). The third kappa shape index (κ3) is 5.24. The first-order valence-electron chi connectivity index (χ1n) is 8.80. The van der Waals surface area contributed by atoms with Crippen LogP contribution in [-0.2, 0) is 4.79 Å². The Balaban J connectivity index is 1.57. The molecule has 1 aliphatic heterocycles. The van der Waals surface area contributed by atoms with Gasteiger partial charge in [0, 0.05) is 42.0 Å². The van der Waals surface area contributed by atoms with E-state index in [4.69, 9.17) is 28.3 Å². The van der Waals surface area contributed by atoms with Gasteiger partial charge in [-0.25, -0.2) is 9.78 Å². The van der Waals surface area contributed by atoms with Crippen molar-refractivity contribution in [2.45, 2.75) is 18.9 Å². The summed E-state index contributed by atoms with van der Waals surface area (Å²) < 4.78 is 0. The van der Waals surface area contributed by atoms with Gasteiger partial charge in [-0.15, -0.1) is 0 Å². The molecule has 1 aromatic heterocycles. The van der Waals surface area contributed by atoms with Gasteiger partial charge < -0.3 is 15.3 Å². The van der Waals surface area contributed by atoms with Crippen LogP contribution in [0.4, 0.5) is 5.82 Å². The quantitative estimate of drug-likeness (QED) is 0.709. The van der Waals surface area contributed by atoms with E-state index in [0.29, 0.717) is 40.1 Å². The molecule has 0 radical (unpaired) electrons. The number of carbonyl (C=O) groups is 2. The summed E-state index contributed by atoms with van der Waals surface area (Å²) in [5, 5.41) is 12.9. The molecule has 0 spiro atoms. The third-order valence-corrected chi connectivity index (χ3v) is 5.00. The number of hydrogen-bond acceptors (Lipinski definition) is 4. The fourth-order valence-electron chi connectivity index (χ4n) is 3.04. The molecular formula is C20H19Cl2N3O3. The standard InChI is InChI=1S/C20H19Cl2N3O3/c21-15-3-1-2-14(11-15)20(28)25-8-6-16(7-9-25)24-19-17(22)10-13(12-23-19)4-5-18(26)27/h1-5,10-12,16H,6-9H2,(H,23,24)(H,26,27). The lowest BCUT2D eigenvalue weighted by Gasteiger charge is -2.33. The molecule has 146 valence electrons. The number of likely N-dealkylation sites (tertiary alicyclic amines) is 1. The van der Waals surface area contributed by atoms with E-state index in [1.807, 2.05) is 4.90 Å². The average Bonchev–Trinajstić information content (AvgIpc) is 2.68. The zero-order valence-electron chi connectivity index (χ0n) is 14.9. The molecule has 1 fully saturated rings. The molecule has 0 aliphatic carbocycles. The summed E-state index contributed by atoms with van der Waals surface area (Å²) in [7, 11) is 0. The Morgan fingerprint density at radius 3 is 2.61 bits per heavy atom. The van der Waals surface area contributed by atoms with Crippen LogP contribution in [0.1, 0.15) is 28.8 Å². The number of aliphatic carboxylic acids is 1. The Morgan fingerprint density at radius 1 is 1.21 bits per heavy atom. The van der Waals surface area contributed by atoms with Crippen molar-refractivity contribution < 1.29 is 14.7 Å². The van der Waals surface area contributed by atoms with Crippen LogP contribution in [0.5, 0.6) is 0 Å². The van der Waals surface area contributed by atoms with E-state index in [2.05, 4.69) is 10.3 Å². The number of aromatic nitrogens is 1. The number of halogens is 2. The molecule has 28 heavy (non-hydrogen) atoms. The van der Waals surface area contributed by atoms with E-state index in [1.54, 1.807) is 36.5 Å². The van der Waals surface area contributed by atoms with Crippen LogP contribution in [0.25, 0.3) is 6.08 Å². The maximum atomic E-state index is 12.6. The van der Waals surface area contributed by atoms with Gasteiger partial charge in [-0.1, -0.05) is 29.3 Å². The van der Waals surface area contributed by atoms with Gasteiger partial charge in [0.1, 0.15) is 5.82 Å². The van der Waals surface area contributed by atoms with Gasteiger partial charge in [-0.05, 0) is 48.7 Å². The summed E-state index contributed by atoms with van der Waals surface area (Å²) in [6.07, 6.45) is 5.57. The summed E-state index contributed by atoms with van der Waals surface area (Å²) in [4.78, 5) is 29.3. The zero-order chi connectivity index (χ0) is 20.1. The van der Waals surface area contributed by atoms with Gasteiger partial charge >= 0.3 is 5.97 Å². The van der Waals surface area contributed by atoms with E-state index in [0.717, 1.165) is 18.9 Å². The normalized spacial score (nSPS) is 15.0. The molecule has 6 nitrogen and oxygen atoms in total. The molecule has 0 atom stereocenters. The fraction of sp³-hybridized carbons (Fsp3) is 0.250. The van der Waals surface area contributed by atoms with Crippen LogP contribution in [0.2, 0.25) is 10.0 Å². The number of carboxylic acids is 1. The predicted octanol–water partition coefficient (Wildman–Crippen LogP) is 4.20. The second-order valence-electron chi connectivity index (χ2n) is 6.49. The highest BCUT2D eigenvalue weighted by atomic mass is 35.5. The lowest BCUT2D eigenvalue weighted by atomic mass is 10.0. The minimum absolute atomic E-state index is 0.0216. The van der Waals surface area contributed by atoms with Crippen molar-refractivity contribution in [2.75, 3.05) is 18.4 Å². The first kappa shape index (κ1) is 20.2. The van der Waals surface area contributed by atoms with Gasteiger partial charge in [0.05, 0.1) is 5.02 Å². The van der Waals surface area contributed by atoms with Crippen molar-refractivity contribution in [1.82, 2.24) is 9.88 Å². The molecule has 1 saturated heterocycles. The Labute approximate surface area is 172 Å². The topological polar surface area (TPSA) is 82.5 Å². The molecule has 0 saturated carbocycles. The number of nitrogens with one attached hydrogen (secondary N) is 1. The average molecular weight is 420 g/mol. The zero-order valence-corrected chi connectivity index (χ0v) is 16.5. The SMILES string of the molecule is O=C(O)C=Cc1cnc(NC2CCN(C(=O)c3cccc(Cl)c3)CC2)c(Cl)c1. The molecule has 0 bridgehead atoms. The first-order chi connectivity index (χ1) is 13.4. The van der Waals surface area contributed by atoms with E-state index in [1.165, 1.54) is 6.08 Å². The molecule has 1 aliphatic rings. The van der Waals surface area contributed by atoms with E-state index in [9.17, 15) is 9.59 Å². The number of benzene rings is 1. The number of anilines is 1. The first-order valence-corrected chi connectivity index (χ1v) is 9.56. The van der Waals surface area contributed by atoms with Crippen LogP contribution in [-0.4, -0.2) is 46.0 Å². The number of nitrogens with zero attached hydrogens (tertiary/aromatic N) is 2. The second-order valence-corrected chi connectivity index (χ2v) is 7.34. The highest BCUT2D eigenvalue weighted by Gasteiger charge is 2.24. The Hall–Kier alpha value is -2.57. The lowest BCUT2D eigenvalue weighted by Crippen LogP contribution is -2.42. The number of piperidine rings is 1. The molecule has 1 aromatic carbocycles. The monoisotopic (exact) mass is 419 g/mol. The van der Waals surface area contributed by atoms with Crippen LogP contribution >= 0.6 is 23.2 Å². The molecule has 2 aromatic rings. The van der Waals surface area contributed by atoms with E-state index >= 15 is 0 Å². The van der Waals surface area contributed by atoms with Gasteiger partial charge in [-0.2, -0.15) is 0 Å².